The SMILES string of the molecule is CCCc1c(N)noc1CCC1CCCCO1. The van der Waals surface area contributed by atoms with E-state index in [9.17, 15) is 0 Å². The second-order valence-corrected chi connectivity index (χ2v) is 4.75. The number of nitrogens with zero attached hydrogens (tertiary/aromatic N) is 1. The van der Waals surface area contributed by atoms with Gasteiger partial charge < -0.3 is 15.0 Å². The molecule has 1 unspecified atom stereocenters. The van der Waals surface area contributed by atoms with Crippen LogP contribution in [0.25, 0.3) is 0 Å². The minimum atomic E-state index is 0.393. The Kier molecular flexibility index (Phi) is 4.42. The molecule has 96 valence electrons. The van der Waals surface area contributed by atoms with E-state index in [1.165, 1.54) is 19.3 Å². The molecule has 1 atom stereocenters. The lowest BCUT2D eigenvalue weighted by atomic mass is 10.0. The van der Waals surface area contributed by atoms with Gasteiger partial charge in [0.25, 0.3) is 0 Å². The maximum Gasteiger partial charge on any atom is 0.170 e. The van der Waals surface area contributed by atoms with Gasteiger partial charge in [-0.2, -0.15) is 0 Å². The summed E-state index contributed by atoms with van der Waals surface area (Å²) < 4.78 is 11.0. The average molecular weight is 238 g/mol. The van der Waals surface area contributed by atoms with Crippen LogP contribution in [0.2, 0.25) is 0 Å². The molecule has 0 radical (unpaired) electrons. The Morgan fingerprint density at radius 1 is 1.35 bits per heavy atom. The van der Waals surface area contributed by atoms with Gasteiger partial charge in [0.05, 0.1) is 6.10 Å². The predicted octanol–water partition coefficient (Wildman–Crippen LogP) is 2.71. The Hall–Kier alpha value is -1.03. The lowest BCUT2D eigenvalue weighted by Gasteiger charge is -2.22. The molecule has 0 bridgehead atoms. The third kappa shape index (κ3) is 3.22. The number of aromatic nitrogens is 1. The number of anilines is 1. The average Bonchev–Trinajstić information content (AvgIpc) is 2.70. The summed E-state index contributed by atoms with van der Waals surface area (Å²) in [6, 6.07) is 0. The summed E-state index contributed by atoms with van der Waals surface area (Å²) in [6.07, 6.45) is 7.99. The Balaban J connectivity index is 1.89. The molecule has 0 aliphatic carbocycles. The van der Waals surface area contributed by atoms with Crippen molar-refractivity contribution >= 4 is 5.82 Å². The standard InChI is InChI=1S/C13H22N2O2/c1-2-5-11-12(17-15-13(11)14)8-7-10-6-3-4-9-16-10/h10H,2-9H2,1H3,(H2,14,15). The summed E-state index contributed by atoms with van der Waals surface area (Å²) in [6.45, 7) is 3.05. The summed E-state index contributed by atoms with van der Waals surface area (Å²) in [5.74, 6) is 1.52. The lowest BCUT2D eigenvalue weighted by Crippen LogP contribution is -2.19. The van der Waals surface area contributed by atoms with Crippen LogP contribution < -0.4 is 5.73 Å². The van der Waals surface area contributed by atoms with E-state index < -0.39 is 0 Å². The number of rotatable bonds is 5. The smallest absolute Gasteiger partial charge is 0.170 e. The quantitative estimate of drug-likeness (QED) is 0.856. The van der Waals surface area contributed by atoms with Crippen LogP contribution in [0.15, 0.2) is 4.52 Å². The van der Waals surface area contributed by atoms with E-state index in [1.54, 1.807) is 0 Å². The maximum absolute atomic E-state index is 5.80. The van der Waals surface area contributed by atoms with Gasteiger partial charge in [0, 0.05) is 18.6 Å². The number of ether oxygens (including phenoxy) is 1. The lowest BCUT2D eigenvalue weighted by molar-refractivity contribution is 0.0105. The van der Waals surface area contributed by atoms with Crippen LogP contribution in [-0.4, -0.2) is 17.9 Å². The second-order valence-electron chi connectivity index (χ2n) is 4.75. The summed E-state index contributed by atoms with van der Waals surface area (Å²) in [7, 11) is 0. The second kappa shape index (κ2) is 6.05. The molecule has 0 spiro atoms. The third-order valence-electron chi connectivity index (χ3n) is 3.37. The van der Waals surface area contributed by atoms with Gasteiger partial charge in [-0.15, -0.1) is 0 Å². The molecule has 4 nitrogen and oxygen atoms in total. The summed E-state index contributed by atoms with van der Waals surface area (Å²) >= 11 is 0. The van der Waals surface area contributed by atoms with Crippen molar-refractivity contribution in [2.45, 2.75) is 58.0 Å². The zero-order valence-electron chi connectivity index (χ0n) is 10.6. The molecule has 0 aromatic carbocycles. The Morgan fingerprint density at radius 3 is 2.94 bits per heavy atom. The summed E-state index contributed by atoms with van der Waals surface area (Å²) in [5, 5.41) is 3.86. The highest BCUT2D eigenvalue weighted by molar-refractivity contribution is 5.40. The molecule has 1 aliphatic rings. The fourth-order valence-corrected chi connectivity index (χ4v) is 2.40. The first-order valence-corrected chi connectivity index (χ1v) is 6.65. The van der Waals surface area contributed by atoms with E-state index in [0.29, 0.717) is 11.9 Å². The van der Waals surface area contributed by atoms with Crippen LogP contribution in [0.4, 0.5) is 5.82 Å². The minimum Gasteiger partial charge on any atom is -0.381 e. The van der Waals surface area contributed by atoms with Crippen molar-refractivity contribution in [3.05, 3.63) is 11.3 Å². The summed E-state index contributed by atoms with van der Waals surface area (Å²) in [5.41, 5.74) is 6.90. The number of aryl methyl sites for hydroxylation is 1. The monoisotopic (exact) mass is 238 g/mol. The van der Waals surface area contributed by atoms with Gasteiger partial charge in [0.15, 0.2) is 5.82 Å². The normalized spacial score (nSPS) is 20.6. The molecule has 1 aromatic heterocycles. The van der Waals surface area contributed by atoms with Crippen molar-refractivity contribution in [2.24, 2.45) is 0 Å². The molecule has 17 heavy (non-hydrogen) atoms. The molecular weight excluding hydrogens is 216 g/mol. The first-order valence-electron chi connectivity index (χ1n) is 6.65. The Bertz CT molecular complexity index is 343. The van der Waals surface area contributed by atoms with Gasteiger partial charge in [-0.3, -0.25) is 0 Å². The first-order chi connectivity index (χ1) is 8.31. The molecule has 1 fully saturated rings. The molecule has 2 N–H and O–H groups in total. The highest BCUT2D eigenvalue weighted by Crippen LogP contribution is 2.23. The molecule has 0 saturated carbocycles. The number of hydrogen-bond donors (Lipinski definition) is 1. The van der Waals surface area contributed by atoms with Crippen LogP contribution in [-0.2, 0) is 17.6 Å². The molecule has 4 heteroatoms. The number of nitrogen functional groups attached to an aromatic ring is 1. The maximum atomic E-state index is 5.80. The highest BCUT2D eigenvalue weighted by atomic mass is 16.5. The van der Waals surface area contributed by atoms with E-state index in [4.69, 9.17) is 15.0 Å². The van der Waals surface area contributed by atoms with Crippen LogP contribution in [0.1, 0.15) is 50.4 Å². The van der Waals surface area contributed by atoms with E-state index in [2.05, 4.69) is 12.1 Å². The van der Waals surface area contributed by atoms with Gasteiger partial charge in [-0.05, 0) is 32.1 Å². The number of nitrogens with two attached hydrogens (primary N) is 1. The van der Waals surface area contributed by atoms with Crippen LogP contribution in [0.5, 0.6) is 0 Å². The van der Waals surface area contributed by atoms with Crippen LogP contribution in [0.3, 0.4) is 0 Å². The Labute approximate surface area is 102 Å². The predicted molar refractivity (Wildman–Crippen MR) is 66.8 cm³/mol. The van der Waals surface area contributed by atoms with Crippen LogP contribution in [0, 0.1) is 0 Å². The van der Waals surface area contributed by atoms with Gasteiger partial charge in [-0.1, -0.05) is 18.5 Å². The topological polar surface area (TPSA) is 61.3 Å². The van der Waals surface area contributed by atoms with E-state index in [0.717, 1.165) is 43.6 Å². The van der Waals surface area contributed by atoms with E-state index >= 15 is 0 Å². The van der Waals surface area contributed by atoms with Crippen molar-refractivity contribution in [3.8, 4) is 0 Å². The molecule has 2 rings (SSSR count). The van der Waals surface area contributed by atoms with Gasteiger partial charge in [0.2, 0.25) is 0 Å². The summed E-state index contributed by atoms with van der Waals surface area (Å²) in [4.78, 5) is 0. The highest BCUT2D eigenvalue weighted by Gasteiger charge is 2.17. The minimum absolute atomic E-state index is 0.393. The fraction of sp³-hybridized carbons (Fsp3) is 0.769. The molecule has 1 aromatic rings. The molecule has 0 amide bonds. The molecule has 2 heterocycles. The first kappa shape index (κ1) is 12.4. The number of hydrogen-bond acceptors (Lipinski definition) is 4. The Morgan fingerprint density at radius 2 is 2.24 bits per heavy atom. The van der Waals surface area contributed by atoms with Crippen molar-refractivity contribution in [1.29, 1.82) is 0 Å². The van der Waals surface area contributed by atoms with Crippen molar-refractivity contribution in [3.63, 3.8) is 0 Å². The van der Waals surface area contributed by atoms with Gasteiger partial charge in [0.1, 0.15) is 5.76 Å². The molecule has 1 aliphatic heterocycles. The molecule has 1 saturated heterocycles. The zero-order valence-corrected chi connectivity index (χ0v) is 10.6. The van der Waals surface area contributed by atoms with Gasteiger partial charge in [-0.25, -0.2) is 0 Å². The fourth-order valence-electron chi connectivity index (χ4n) is 2.40. The van der Waals surface area contributed by atoms with E-state index in [1.807, 2.05) is 0 Å². The van der Waals surface area contributed by atoms with Crippen molar-refractivity contribution < 1.29 is 9.26 Å². The van der Waals surface area contributed by atoms with Crippen molar-refractivity contribution in [1.82, 2.24) is 5.16 Å². The zero-order chi connectivity index (χ0) is 12.1. The molecular formula is C13H22N2O2. The third-order valence-corrected chi connectivity index (χ3v) is 3.37. The van der Waals surface area contributed by atoms with Gasteiger partial charge >= 0.3 is 0 Å². The van der Waals surface area contributed by atoms with Crippen molar-refractivity contribution in [2.75, 3.05) is 12.3 Å². The van der Waals surface area contributed by atoms with E-state index in [-0.39, 0.29) is 0 Å². The van der Waals surface area contributed by atoms with Crippen LogP contribution >= 0.6 is 0 Å². The largest absolute Gasteiger partial charge is 0.381 e.